The molecule has 1 aliphatic carbocycles. The van der Waals surface area contributed by atoms with Crippen molar-refractivity contribution in [2.45, 2.75) is 32.1 Å². The smallest absolute Gasteiger partial charge is 0.223 e. The molecule has 0 spiro atoms. The first-order valence-corrected chi connectivity index (χ1v) is 7.11. The summed E-state index contributed by atoms with van der Waals surface area (Å²) >= 11 is 0. The van der Waals surface area contributed by atoms with Crippen molar-refractivity contribution in [2.24, 2.45) is 5.92 Å². The van der Waals surface area contributed by atoms with Gasteiger partial charge in [0.25, 0.3) is 0 Å². The lowest BCUT2D eigenvalue weighted by atomic mass is 9.88. The molecule has 20 heavy (non-hydrogen) atoms. The van der Waals surface area contributed by atoms with Gasteiger partial charge >= 0.3 is 0 Å². The highest BCUT2D eigenvalue weighted by Crippen LogP contribution is 2.21. The molecule has 1 saturated carbocycles. The van der Waals surface area contributed by atoms with Gasteiger partial charge in [0.05, 0.1) is 7.11 Å². The van der Waals surface area contributed by atoms with E-state index in [1.807, 2.05) is 24.3 Å². The molecule has 0 atom stereocenters. The van der Waals surface area contributed by atoms with Gasteiger partial charge in [-0.05, 0) is 37.0 Å². The third-order valence-electron chi connectivity index (χ3n) is 3.79. The molecular weight excluding hydrogens is 254 g/mol. The first-order valence-electron chi connectivity index (χ1n) is 7.11. The van der Waals surface area contributed by atoms with Crippen LogP contribution in [0.25, 0.3) is 0 Å². The van der Waals surface area contributed by atoms with Gasteiger partial charge in [0.2, 0.25) is 5.91 Å². The standard InChI is InChI=1S/C16H21NO3/c1-20-15-8-2-12(3-9-15)10-11-17-16(19)13-4-6-14(18)7-5-13/h2-3,8-9,13H,4-7,10-11H2,1H3,(H,17,19). The van der Waals surface area contributed by atoms with Crippen LogP contribution in [0.3, 0.4) is 0 Å². The minimum atomic E-state index is 0.0172. The molecule has 0 radical (unpaired) electrons. The molecular formula is C16H21NO3. The first-order chi connectivity index (χ1) is 9.69. The average molecular weight is 275 g/mol. The number of benzene rings is 1. The van der Waals surface area contributed by atoms with Crippen LogP contribution in [0.4, 0.5) is 0 Å². The number of ketones is 1. The zero-order valence-corrected chi connectivity index (χ0v) is 11.9. The maximum absolute atomic E-state index is 12.0. The van der Waals surface area contributed by atoms with Crippen LogP contribution in [-0.2, 0) is 16.0 Å². The lowest BCUT2D eigenvalue weighted by molar-refractivity contribution is -0.128. The molecule has 1 aromatic carbocycles. The van der Waals surface area contributed by atoms with Crippen LogP contribution < -0.4 is 10.1 Å². The number of nitrogens with one attached hydrogen (secondary N) is 1. The Morgan fingerprint density at radius 2 is 1.90 bits per heavy atom. The highest BCUT2D eigenvalue weighted by atomic mass is 16.5. The van der Waals surface area contributed by atoms with Crippen molar-refractivity contribution in [1.82, 2.24) is 5.32 Å². The lowest BCUT2D eigenvalue weighted by Gasteiger charge is -2.20. The summed E-state index contributed by atoms with van der Waals surface area (Å²) in [5.74, 6) is 1.23. The van der Waals surface area contributed by atoms with Crippen molar-refractivity contribution in [3.63, 3.8) is 0 Å². The molecule has 1 aliphatic rings. The summed E-state index contributed by atoms with van der Waals surface area (Å²) in [6.07, 6.45) is 3.31. The van der Waals surface area contributed by atoms with Crippen molar-refractivity contribution in [1.29, 1.82) is 0 Å². The van der Waals surface area contributed by atoms with Gasteiger partial charge in [-0.25, -0.2) is 0 Å². The van der Waals surface area contributed by atoms with Gasteiger partial charge in [0.1, 0.15) is 11.5 Å². The van der Waals surface area contributed by atoms with Crippen LogP contribution in [0, 0.1) is 5.92 Å². The van der Waals surface area contributed by atoms with Crippen molar-refractivity contribution in [3.8, 4) is 5.75 Å². The summed E-state index contributed by atoms with van der Waals surface area (Å²) in [5.41, 5.74) is 1.17. The average Bonchev–Trinajstić information content (AvgIpc) is 2.48. The number of carbonyl (C=O) groups is 2. The summed E-state index contributed by atoms with van der Waals surface area (Å²) in [6.45, 7) is 0.635. The molecule has 2 rings (SSSR count). The number of hydrogen-bond acceptors (Lipinski definition) is 3. The number of methoxy groups -OCH3 is 1. The molecule has 1 aromatic rings. The zero-order valence-electron chi connectivity index (χ0n) is 11.9. The molecule has 1 N–H and O–H groups in total. The number of rotatable bonds is 5. The van der Waals surface area contributed by atoms with E-state index in [1.54, 1.807) is 7.11 Å². The molecule has 4 nitrogen and oxygen atoms in total. The second-order valence-electron chi connectivity index (χ2n) is 5.20. The zero-order chi connectivity index (χ0) is 14.4. The Morgan fingerprint density at radius 3 is 2.50 bits per heavy atom. The van der Waals surface area contributed by atoms with Gasteiger partial charge in [0.15, 0.2) is 0 Å². The summed E-state index contributed by atoms with van der Waals surface area (Å²) in [6, 6.07) is 7.85. The first kappa shape index (κ1) is 14.6. The number of carbonyl (C=O) groups excluding carboxylic acids is 2. The van der Waals surface area contributed by atoms with Gasteiger partial charge in [-0.15, -0.1) is 0 Å². The number of hydrogen-bond donors (Lipinski definition) is 1. The molecule has 1 fully saturated rings. The lowest BCUT2D eigenvalue weighted by Crippen LogP contribution is -2.34. The second kappa shape index (κ2) is 7.08. The molecule has 1 amide bonds. The normalized spacial score (nSPS) is 15.9. The minimum Gasteiger partial charge on any atom is -0.497 e. The Kier molecular flexibility index (Phi) is 5.16. The Balaban J connectivity index is 1.72. The predicted octanol–water partition coefficient (Wildman–Crippen LogP) is 2.11. The Bertz CT molecular complexity index is 457. The molecule has 0 heterocycles. The topological polar surface area (TPSA) is 55.4 Å². The Labute approximate surface area is 119 Å². The van der Waals surface area contributed by atoms with Gasteiger partial charge in [-0.3, -0.25) is 9.59 Å². The van der Waals surface area contributed by atoms with Crippen molar-refractivity contribution in [2.75, 3.05) is 13.7 Å². The highest BCUT2D eigenvalue weighted by Gasteiger charge is 2.24. The summed E-state index contributed by atoms with van der Waals surface area (Å²) in [7, 11) is 1.64. The van der Waals surface area contributed by atoms with Gasteiger partial charge in [-0.1, -0.05) is 12.1 Å². The van der Waals surface area contributed by atoms with Crippen LogP contribution >= 0.6 is 0 Å². The van der Waals surface area contributed by atoms with Crippen LogP contribution in [0.1, 0.15) is 31.2 Å². The van der Waals surface area contributed by atoms with E-state index in [1.165, 1.54) is 5.56 Å². The number of Topliss-reactive ketones (excluding diaryl/α,β-unsaturated/α-hetero) is 1. The van der Waals surface area contributed by atoms with Crippen molar-refractivity contribution >= 4 is 11.7 Å². The highest BCUT2D eigenvalue weighted by molar-refractivity contribution is 5.84. The molecule has 0 aromatic heterocycles. The molecule has 0 saturated heterocycles. The third-order valence-corrected chi connectivity index (χ3v) is 3.79. The van der Waals surface area contributed by atoms with Gasteiger partial charge < -0.3 is 10.1 Å². The molecule has 0 bridgehead atoms. The van der Waals surface area contributed by atoms with Gasteiger partial charge in [-0.2, -0.15) is 0 Å². The SMILES string of the molecule is COc1ccc(CCNC(=O)C2CCC(=O)CC2)cc1. The molecule has 0 aliphatic heterocycles. The maximum atomic E-state index is 12.0. The van der Waals surface area contributed by atoms with Crippen LogP contribution in [0.2, 0.25) is 0 Å². The fourth-order valence-electron chi connectivity index (χ4n) is 2.47. The number of ether oxygens (including phenoxy) is 1. The largest absolute Gasteiger partial charge is 0.497 e. The van der Waals surface area contributed by atoms with E-state index >= 15 is 0 Å². The maximum Gasteiger partial charge on any atom is 0.223 e. The van der Waals surface area contributed by atoms with Crippen LogP contribution in [0.15, 0.2) is 24.3 Å². The second-order valence-corrected chi connectivity index (χ2v) is 5.20. The monoisotopic (exact) mass is 275 g/mol. The van der Waals surface area contributed by atoms with E-state index < -0.39 is 0 Å². The number of amides is 1. The quantitative estimate of drug-likeness (QED) is 0.895. The van der Waals surface area contributed by atoms with E-state index in [-0.39, 0.29) is 17.6 Å². The minimum absolute atomic E-state index is 0.0172. The molecule has 108 valence electrons. The Morgan fingerprint density at radius 1 is 1.25 bits per heavy atom. The fraction of sp³-hybridized carbons (Fsp3) is 0.500. The summed E-state index contributed by atoms with van der Waals surface area (Å²) < 4.78 is 5.10. The Hall–Kier alpha value is -1.84. The van der Waals surface area contributed by atoms with E-state index in [4.69, 9.17) is 4.74 Å². The van der Waals surface area contributed by atoms with E-state index in [9.17, 15) is 9.59 Å². The predicted molar refractivity (Wildman–Crippen MR) is 76.7 cm³/mol. The van der Waals surface area contributed by atoms with E-state index in [0.717, 1.165) is 12.2 Å². The molecule has 0 unspecified atom stereocenters. The van der Waals surface area contributed by atoms with Crippen LogP contribution in [0.5, 0.6) is 5.75 Å². The van der Waals surface area contributed by atoms with E-state index in [2.05, 4.69) is 5.32 Å². The summed E-state index contributed by atoms with van der Waals surface area (Å²) in [5, 5.41) is 2.96. The van der Waals surface area contributed by atoms with Gasteiger partial charge in [0, 0.05) is 25.3 Å². The fourth-order valence-corrected chi connectivity index (χ4v) is 2.47. The third kappa shape index (κ3) is 4.08. The van der Waals surface area contributed by atoms with Crippen molar-refractivity contribution < 1.29 is 14.3 Å². The summed E-state index contributed by atoms with van der Waals surface area (Å²) in [4.78, 5) is 23.1. The van der Waals surface area contributed by atoms with Crippen molar-refractivity contribution in [3.05, 3.63) is 29.8 Å². The molecule has 4 heteroatoms. The van der Waals surface area contributed by atoms with E-state index in [0.29, 0.717) is 32.2 Å². The van der Waals surface area contributed by atoms with Crippen LogP contribution in [-0.4, -0.2) is 25.3 Å².